The first kappa shape index (κ1) is 15.8. The van der Waals surface area contributed by atoms with Crippen LogP contribution in [0.1, 0.15) is 43.2 Å². The second-order valence-electron chi connectivity index (χ2n) is 5.84. The summed E-state index contributed by atoms with van der Waals surface area (Å²) in [6.45, 7) is 0. The van der Waals surface area contributed by atoms with E-state index in [2.05, 4.69) is 10.1 Å². The Bertz CT molecular complexity index is 798. The van der Waals surface area contributed by atoms with Crippen LogP contribution in [0.25, 0.3) is 23.1 Å². The van der Waals surface area contributed by atoms with Crippen molar-refractivity contribution in [1.82, 2.24) is 10.1 Å². The molecule has 23 heavy (non-hydrogen) atoms. The molecule has 4 rings (SSSR count). The molecule has 0 saturated heterocycles. The summed E-state index contributed by atoms with van der Waals surface area (Å²) in [5, 5.41) is 5.10. The maximum absolute atomic E-state index is 6.32. The van der Waals surface area contributed by atoms with Crippen LogP contribution in [-0.4, -0.2) is 10.1 Å². The van der Waals surface area contributed by atoms with Crippen molar-refractivity contribution >= 4 is 35.5 Å². The van der Waals surface area contributed by atoms with Crippen LogP contribution >= 0.6 is 12.4 Å². The maximum Gasteiger partial charge on any atom is 0.250 e. The van der Waals surface area contributed by atoms with E-state index in [1.807, 2.05) is 36.4 Å². The number of fused-ring (bicyclic) bond motifs is 1. The minimum atomic E-state index is -0.422. The van der Waals surface area contributed by atoms with Crippen LogP contribution in [0, 0.1) is 0 Å². The molecule has 2 N–H and O–H groups in total. The van der Waals surface area contributed by atoms with E-state index in [-0.39, 0.29) is 12.4 Å². The topological polar surface area (TPSA) is 78.1 Å². The standard InChI is InChI=1S/C17H17N3O2.ClH/c18-17(9-3-4-10-17)16-19-15(22-20-16)8-7-13-11-12-5-1-2-6-14(12)21-13;/h1-2,5-8,11H,3-4,9-10,18H2;1H/b8-7+;. The monoisotopic (exact) mass is 331 g/mol. The Morgan fingerprint density at radius 1 is 1.13 bits per heavy atom. The highest BCUT2D eigenvalue weighted by Crippen LogP contribution is 2.34. The van der Waals surface area contributed by atoms with Crippen LogP contribution in [0.15, 0.2) is 39.3 Å². The summed E-state index contributed by atoms with van der Waals surface area (Å²) in [5.41, 5.74) is 6.76. The molecular formula is C17H18ClN3O2. The number of hydrogen-bond acceptors (Lipinski definition) is 5. The van der Waals surface area contributed by atoms with Crippen molar-refractivity contribution in [3.8, 4) is 0 Å². The summed E-state index contributed by atoms with van der Waals surface area (Å²) >= 11 is 0. The smallest absolute Gasteiger partial charge is 0.250 e. The van der Waals surface area contributed by atoms with Gasteiger partial charge in [0.1, 0.15) is 11.3 Å². The Hall–Kier alpha value is -2.11. The van der Waals surface area contributed by atoms with Gasteiger partial charge in [-0.05, 0) is 31.1 Å². The molecule has 0 radical (unpaired) electrons. The largest absolute Gasteiger partial charge is 0.457 e. The second-order valence-corrected chi connectivity index (χ2v) is 5.84. The molecule has 0 aliphatic heterocycles. The Morgan fingerprint density at radius 2 is 1.91 bits per heavy atom. The van der Waals surface area contributed by atoms with Crippen molar-refractivity contribution < 1.29 is 8.94 Å². The number of hydrogen-bond donors (Lipinski definition) is 1. The molecule has 5 nitrogen and oxygen atoms in total. The van der Waals surface area contributed by atoms with Gasteiger partial charge < -0.3 is 14.7 Å². The van der Waals surface area contributed by atoms with Crippen molar-refractivity contribution in [2.75, 3.05) is 0 Å². The predicted octanol–water partition coefficient (Wildman–Crippen LogP) is 4.14. The SMILES string of the molecule is Cl.NC1(c2noc(/C=C/c3cc4ccccc4o3)n2)CCCC1. The minimum absolute atomic E-state index is 0. The zero-order valence-corrected chi connectivity index (χ0v) is 13.4. The van der Waals surface area contributed by atoms with E-state index in [0.717, 1.165) is 42.4 Å². The van der Waals surface area contributed by atoms with Gasteiger partial charge in [0.2, 0.25) is 0 Å². The zero-order chi connectivity index (χ0) is 15.0. The number of aromatic nitrogens is 2. The quantitative estimate of drug-likeness (QED) is 0.780. The first-order valence-corrected chi connectivity index (χ1v) is 7.53. The highest BCUT2D eigenvalue weighted by molar-refractivity contribution is 5.85. The maximum atomic E-state index is 6.32. The Kier molecular flexibility index (Phi) is 4.24. The summed E-state index contributed by atoms with van der Waals surface area (Å²) in [6, 6.07) is 9.86. The van der Waals surface area contributed by atoms with Gasteiger partial charge in [0.05, 0.1) is 5.54 Å². The van der Waals surface area contributed by atoms with Crippen molar-refractivity contribution in [3.05, 3.63) is 47.8 Å². The van der Waals surface area contributed by atoms with Gasteiger partial charge in [-0.2, -0.15) is 4.98 Å². The third-order valence-electron chi connectivity index (χ3n) is 4.22. The first-order chi connectivity index (χ1) is 10.7. The number of furan rings is 1. The van der Waals surface area contributed by atoms with E-state index < -0.39 is 5.54 Å². The molecule has 1 fully saturated rings. The highest BCUT2D eigenvalue weighted by Gasteiger charge is 2.35. The summed E-state index contributed by atoms with van der Waals surface area (Å²) < 4.78 is 11.0. The fraction of sp³-hybridized carbons (Fsp3) is 0.294. The summed E-state index contributed by atoms with van der Waals surface area (Å²) in [4.78, 5) is 4.40. The third kappa shape index (κ3) is 3.02. The van der Waals surface area contributed by atoms with E-state index in [0.29, 0.717) is 11.7 Å². The molecule has 1 aliphatic rings. The van der Waals surface area contributed by atoms with Crippen LogP contribution in [0.2, 0.25) is 0 Å². The van der Waals surface area contributed by atoms with Crippen LogP contribution in [0.4, 0.5) is 0 Å². The molecule has 0 bridgehead atoms. The number of rotatable bonds is 3. The first-order valence-electron chi connectivity index (χ1n) is 7.53. The van der Waals surface area contributed by atoms with Crippen LogP contribution in [-0.2, 0) is 5.54 Å². The van der Waals surface area contributed by atoms with Crippen LogP contribution < -0.4 is 5.73 Å². The lowest BCUT2D eigenvalue weighted by molar-refractivity contribution is 0.364. The Morgan fingerprint density at radius 3 is 2.70 bits per heavy atom. The molecule has 0 amide bonds. The lowest BCUT2D eigenvalue weighted by Crippen LogP contribution is -2.34. The second kappa shape index (κ2) is 6.18. The number of nitrogens with zero attached hydrogens (tertiary/aromatic N) is 2. The van der Waals surface area contributed by atoms with E-state index >= 15 is 0 Å². The molecule has 2 aromatic heterocycles. The minimum Gasteiger partial charge on any atom is -0.457 e. The van der Waals surface area contributed by atoms with E-state index in [4.69, 9.17) is 14.7 Å². The molecule has 3 aromatic rings. The van der Waals surface area contributed by atoms with Gasteiger partial charge in [-0.25, -0.2) is 0 Å². The van der Waals surface area contributed by atoms with E-state index in [9.17, 15) is 0 Å². The molecule has 1 aromatic carbocycles. The highest BCUT2D eigenvalue weighted by atomic mass is 35.5. The molecule has 0 spiro atoms. The van der Waals surface area contributed by atoms with Gasteiger partial charge in [0.25, 0.3) is 5.89 Å². The number of benzene rings is 1. The van der Waals surface area contributed by atoms with Crippen molar-refractivity contribution in [2.45, 2.75) is 31.2 Å². The molecular weight excluding hydrogens is 314 g/mol. The summed E-state index contributed by atoms with van der Waals surface area (Å²) in [5.74, 6) is 1.81. The van der Waals surface area contributed by atoms with E-state index in [1.165, 1.54) is 0 Å². The van der Waals surface area contributed by atoms with Gasteiger partial charge in [0.15, 0.2) is 5.82 Å². The molecule has 1 aliphatic carbocycles. The fourth-order valence-corrected chi connectivity index (χ4v) is 2.97. The lowest BCUT2D eigenvalue weighted by atomic mass is 9.99. The van der Waals surface area contributed by atoms with Crippen LogP contribution in [0.5, 0.6) is 0 Å². The molecule has 6 heteroatoms. The number of halogens is 1. The van der Waals surface area contributed by atoms with Crippen molar-refractivity contribution in [1.29, 1.82) is 0 Å². The summed E-state index contributed by atoms with van der Waals surface area (Å²) in [7, 11) is 0. The Labute approximate surface area is 140 Å². The van der Waals surface area contributed by atoms with E-state index in [1.54, 1.807) is 6.08 Å². The molecule has 0 unspecified atom stereocenters. The zero-order valence-electron chi connectivity index (χ0n) is 12.6. The third-order valence-corrected chi connectivity index (χ3v) is 4.22. The van der Waals surface area contributed by atoms with Gasteiger partial charge in [-0.15, -0.1) is 12.4 Å². The van der Waals surface area contributed by atoms with Gasteiger partial charge in [0, 0.05) is 11.5 Å². The molecule has 2 heterocycles. The molecule has 1 saturated carbocycles. The number of nitrogens with two attached hydrogens (primary N) is 1. The van der Waals surface area contributed by atoms with Gasteiger partial charge >= 0.3 is 0 Å². The number of para-hydroxylation sites is 1. The lowest BCUT2D eigenvalue weighted by Gasteiger charge is -2.17. The van der Waals surface area contributed by atoms with Gasteiger partial charge in [-0.3, -0.25) is 0 Å². The normalized spacial score (nSPS) is 16.9. The van der Waals surface area contributed by atoms with Crippen LogP contribution in [0.3, 0.4) is 0 Å². The van der Waals surface area contributed by atoms with Crippen molar-refractivity contribution in [2.24, 2.45) is 5.73 Å². The summed E-state index contributed by atoms with van der Waals surface area (Å²) in [6.07, 6.45) is 7.66. The average Bonchev–Trinajstić information content (AvgIpc) is 3.24. The average molecular weight is 332 g/mol. The van der Waals surface area contributed by atoms with Gasteiger partial charge in [-0.1, -0.05) is 36.2 Å². The molecule has 0 atom stereocenters. The fourth-order valence-electron chi connectivity index (χ4n) is 2.97. The Balaban J connectivity index is 0.00000156. The van der Waals surface area contributed by atoms with Crippen molar-refractivity contribution in [3.63, 3.8) is 0 Å². The predicted molar refractivity (Wildman–Crippen MR) is 91.0 cm³/mol. The molecule has 120 valence electrons.